The molecule has 1 amide bonds. The summed E-state index contributed by atoms with van der Waals surface area (Å²) in [5, 5.41) is 2.72. The molecule has 0 aliphatic rings. The van der Waals surface area contributed by atoms with Crippen molar-refractivity contribution in [2.75, 3.05) is 11.9 Å². The topological polar surface area (TPSA) is 52.9 Å². The first-order valence-electron chi connectivity index (χ1n) is 6.37. The smallest absolute Gasteiger partial charge is 0.239 e. The zero-order valence-electron chi connectivity index (χ0n) is 10.9. The van der Waals surface area contributed by atoms with Crippen LogP contribution in [0.2, 0.25) is 0 Å². The van der Waals surface area contributed by atoms with Crippen LogP contribution in [0.5, 0.6) is 0 Å². The van der Waals surface area contributed by atoms with E-state index in [9.17, 15) is 4.79 Å². The van der Waals surface area contributed by atoms with E-state index in [1.54, 1.807) is 0 Å². The minimum absolute atomic E-state index is 0.248. The lowest BCUT2D eigenvalue weighted by atomic mass is 9.97. The van der Waals surface area contributed by atoms with Crippen molar-refractivity contribution in [3.63, 3.8) is 0 Å². The molecule has 0 unspecified atom stereocenters. The molecule has 19 heavy (non-hydrogen) atoms. The number of aryl methyl sites for hydroxylation is 1. The lowest BCUT2D eigenvalue weighted by molar-refractivity contribution is -0.115. The fourth-order valence-corrected chi connectivity index (χ4v) is 2.07. The van der Waals surface area contributed by atoms with Gasteiger partial charge in [-0.15, -0.1) is 0 Å². The molecule has 0 saturated carbocycles. The third-order valence-corrected chi connectivity index (χ3v) is 3.02. The highest BCUT2D eigenvalue weighted by atomic mass is 16.1. The molecule has 2 N–H and O–H groups in total. The lowest BCUT2D eigenvalue weighted by Gasteiger charge is -2.11. The second-order valence-corrected chi connectivity index (χ2v) is 4.32. The van der Waals surface area contributed by atoms with Gasteiger partial charge < -0.3 is 5.32 Å². The van der Waals surface area contributed by atoms with Crippen LogP contribution in [0.4, 0.5) is 5.69 Å². The molecule has 97 valence electrons. The number of nitrogens with one attached hydrogen (secondary N) is 2. The molecule has 0 aromatic heterocycles. The first-order chi connectivity index (χ1) is 9.24. The quantitative estimate of drug-likeness (QED) is 0.894. The van der Waals surface area contributed by atoms with Crippen molar-refractivity contribution in [1.82, 2.24) is 5.73 Å². The Balaban J connectivity index is 2.34. The average Bonchev–Trinajstić information content (AvgIpc) is 2.47. The average molecular weight is 253 g/mol. The van der Waals surface area contributed by atoms with E-state index in [4.69, 9.17) is 5.73 Å². The molecular formula is C16H17N2O. The van der Waals surface area contributed by atoms with Gasteiger partial charge in [-0.25, -0.2) is 5.73 Å². The van der Waals surface area contributed by atoms with Crippen molar-refractivity contribution >= 4 is 11.6 Å². The predicted molar refractivity (Wildman–Crippen MR) is 77.8 cm³/mol. The molecule has 0 atom stereocenters. The maximum atomic E-state index is 11.2. The first kappa shape index (κ1) is 13.3. The zero-order chi connectivity index (χ0) is 13.7. The van der Waals surface area contributed by atoms with Gasteiger partial charge >= 0.3 is 0 Å². The van der Waals surface area contributed by atoms with Gasteiger partial charge in [0.1, 0.15) is 0 Å². The molecule has 2 aromatic carbocycles. The van der Waals surface area contributed by atoms with Crippen LogP contribution in [0.1, 0.15) is 12.5 Å². The summed E-state index contributed by atoms with van der Waals surface area (Å²) in [4.78, 5) is 11.2. The molecule has 0 saturated heterocycles. The maximum absolute atomic E-state index is 11.2. The summed E-state index contributed by atoms with van der Waals surface area (Å²) >= 11 is 0. The van der Waals surface area contributed by atoms with Gasteiger partial charge in [0.15, 0.2) is 0 Å². The largest absolute Gasteiger partial charge is 0.325 e. The van der Waals surface area contributed by atoms with Crippen LogP contribution in [0.15, 0.2) is 48.5 Å². The van der Waals surface area contributed by atoms with E-state index in [0.29, 0.717) is 0 Å². The van der Waals surface area contributed by atoms with Crippen LogP contribution in [0, 0.1) is 0 Å². The van der Waals surface area contributed by atoms with E-state index >= 15 is 0 Å². The Morgan fingerprint density at radius 2 is 1.89 bits per heavy atom. The molecular weight excluding hydrogens is 236 g/mol. The summed E-state index contributed by atoms with van der Waals surface area (Å²) in [7, 11) is 0. The van der Waals surface area contributed by atoms with Crippen LogP contribution in [-0.2, 0) is 11.2 Å². The van der Waals surface area contributed by atoms with E-state index in [1.165, 1.54) is 16.7 Å². The van der Waals surface area contributed by atoms with Crippen LogP contribution >= 0.6 is 0 Å². The summed E-state index contributed by atoms with van der Waals surface area (Å²) < 4.78 is 0. The molecule has 0 aliphatic heterocycles. The van der Waals surface area contributed by atoms with Gasteiger partial charge in [0.05, 0.1) is 6.54 Å². The Hall–Kier alpha value is -2.13. The maximum Gasteiger partial charge on any atom is 0.239 e. The van der Waals surface area contributed by atoms with Gasteiger partial charge in [0, 0.05) is 5.69 Å². The lowest BCUT2D eigenvalue weighted by Crippen LogP contribution is -2.16. The van der Waals surface area contributed by atoms with E-state index in [0.717, 1.165) is 12.1 Å². The molecule has 0 heterocycles. The molecule has 3 nitrogen and oxygen atoms in total. The number of benzene rings is 2. The molecule has 2 rings (SSSR count). The van der Waals surface area contributed by atoms with E-state index in [-0.39, 0.29) is 12.5 Å². The Labute approximate surface area is 113 Å². The van der Waals surface area contributed by atoms with Gasteiger partial charge in [-0.3, -0.25) is 4.79 Å². The van der Waals surface area contributed by atoms with Gasteiger partial charge in [0.2, 0.25) is 5.91 Å². The molecule has 1 radical (unpaired) electrons. The Bertz CT molecular complexity index is 564. The van der Waals surface area contributed by atoms with Crippen molar-refractivity contribution < 1.29 is 4.79 Å². The van der Waals surface area contributed by atoms with Gasteiger partial charge in [-0.05, 0) is 35.2 Å². The number of anilines is 1. The predicted octanol–water partition coefficient (Wildman–Crippen LogP) is 3.14. The van der Waals surface area contributed by atoms with Crippen molar-refractivity contribution in [1.29, 1.82) is 0 Å². The van der Waals surface area contributed by atoms with Crippen molar-refractivity contribution in [2.45, 2.75) is 13.3 Å². The van der Waals surface area contributed by atoms with Gasteiger partial charge in [-0.2, -0.15) is 0 Å². The second kappa shape index (κ2) is 6.16. The minimum atomic E-state index is -0.283. The number of carbonyl (C=O) groups excluding carboxylic acids is 1. The van der Waals surface area contributed by atoms with Gasteiger partial charge in [0.25, 0.3) is 0 Å². The van der Waals surface area contributed by atoms with E-state index in [1.807, 2.05) is 36.4 Å². The van der Waals surface area contributed by atoms with Crippen LogP contribution < -0.4 is 11.1 Å². The zero-order valence-corrected chi connectivity index (χ0v) is 10.9. The first-order valence-corrected chi connectivity index (χ1v) is 6.37. The fourth-order valence-electron chi connectivity index (χ4n) is 2.07. The third-order valence-electron chi connectivity index (χ3n) is 3.02. The normalized spacial score (nSPS) is 10.2. The Morgan fingerprint density at radius 3 is 2.53 bits per heavy atom. The molecule has 0 bridgehead atoms. The number of rotatable bonds is 4. The highest BCUT2D eigenvalue weighted by Crippen LogP contribution is 2.26. The van der Waals surface area contributed by atoms with Crippen LogP contribution in [-0.4, -0.2) is 12.5 Å². The summed E-state index contributed by atoms with van der Waals surface area (Å²) in [6, 6.07) is 16.1. The summed E-state index contributed by atoms with van der Waals surface area (Å²) in [5.74, 6) is -0.283. The minimum Gasteiger partial charge on any atom is -0.325 e. The highest BCUT2D eigenvalue weighted by Gasteiger charge is 2.06. The summed E-state index contributed by atoms with van der Waals surface area (Å²) in [5.41, 5.74) is 11.3. The van der Waals surface area contributed by atoms with Crippen molar-refractivity contribution in [3.05, 3.63) is 54.1 Å². The number of carbonyl (C=O) groups is 1. The van der Waals surface area contributed by atoms with E-state index < -0.39 is 0 Å². The molecule has 0 aliphatic carbocycles. The van der Waals surface area contributed by atoms with Crippen molar-refractivity contribution in [3.8, 4) is 11.1 Å². The SMILES string of the molecule is CCc1cc(NC(=O)C[NH])ccc1-c1ccccc1. The van der Waals surface area contributed by atoms with Crippen LogP contribution in [0.25, 0.3) is 11.1 Å². The summed E-state index contributed by atoms with van der Waals surface area (Å²) in [6.07, 6.45) is 0.898. The van der Waals surface area contributed by atoms with Gasteiger partial charge in [-0.1, -0.05) is 43.3 Å². The standard InChI is InChI=1S/C16H17N2O/c1-2-12-10-14(18-16(19)11-17)8-9-15(12)13-6-4-3-5-7-13/h3-10,17H,2,11H2,1H3,(H,18,19). The highest BCUT2D eigenvalue weighted by molar-refractivity contribution is 5.92. The van der Waals surface area contributed by atoms with Crippen molar-refractivity contribution in [2.24, 2.45) is 0 Å². The third kappa shape index (κ3) is 3.20. The molecule has 2 aromatic rings. The number of hydrogen-bond donors (Lipinski definition) is 1. The molecule has 0 spiro atoms. The van der Waals surface area contributed by atoms with Crippen LogP contribution in [0.3, 0.4) is 0 Å². The fraction of sp³-hybridized carbons (Fsp3) is 0.188. The number of hydrogen-bond acceptors (Lipinski definition) is 1. The Morgan fingerprint density at radius 1 is 1.16 bits per heavy atom. The molecule has 3 heteroatoms. The van der Waals surface area contributed by atoms with E-state index in [2.05, 4.69) is 24.4 Å². The summed E-state index contributed by atoms with van der Waals surface area (Å²) in [6.45, 7) is 1.85. The monoisotopic (exact) mass is 253 g/mol. The second-order valence-electron chi connectivity index (χ2n) is 4.32. The Kier molecular flexibility index (Phi) is 4.31. The molecule has 0 fully saturated rings. The number of amides is 1.